The minimum absolute atomic E-state index is 0.0413. The van der Waals surface area contributed by atoms with Crippen molar-refractivity contribution in [3.8, 4) is 0 Å². The van der Waals surface area contributed by atoms with Crippen molar-refractivity contribution in [1.82, 2.24) is 10.6 Å². The van der Waals surface area contributed by atoms with Gasteiger partial charge in [-0.05, 0) is 81.3 Å². The maximum absolute atomic E-state index is 4.01. The number of hydrogen-bond acceptors (Lipinski definition) is 4. The fourth-order valence-electron chi connectivity index (χ4n) is 4.57. The zero-order valence-corrected chi connectivity index (χ0v) is 23.3. The van der Waals surface area contributed by atoms with Crippen LogP contribution in [0.15, 0.2) is 85.2 Å². The van der Waals surface area contributed by atoms with E-state index in [1.165, 1.54) is 28.9 Å². The van der Waals surface area contributed by atoms with Crippen molar-refractivity contribution < 1.29 is 0 Å². The van der Waals surface area contributed by atoms with Crippen LogP contribution < -0.4 is 20.9 Å². The molecule has 1 saturated heterocycles. The molecule has 0 radical (unpaired) electrons. The number of rotatable bonds is 11. The molecule has 2 aromatic rings. The van der Waals surface area contributed by atoms with Gasteiger partial charge in [0.05, 0.1) is 11.4 Å². The highest BCUT2D eigenvalue weighted by atomic mass is 15.2. The van der Waals surface area contributed by atoms with E-state index in [2.05, 4.69) is 116 Å². The van der Waals surface area contributed by atoms with Crippen LogP contribution in [-0.4, -0.2) is 32.2 Å². The molecule has 3 rings (SSSR count). The Labute approximate surface area is 220 Å². The van der Waals surface area contributed by atoms with Crippen LogP contribution in [0.2, 0.25) is 0 Å². The molecule has 4 nitrogen and oxygen atoms in total. The predicted molar refractivity (Wildman–Crippen MR) is 160 cm³/mol. The van der Waals surface area contributed by atoms with Crippen LogP contribution in [0.4, 0.5) is 11.4 Å². The van der Waals surface area contributed by atoms with Crippen LogP contribution in [0, 0.1) is 13.8 Å². The Kier molecular flexibility index (Phi) is 12.2. The summed E-state index contributed by atoms with van der Waals surface area (Å²) in [7, 11) is 1.88. The fraction of sp³-hybridized carbons (Fsp3) is 0.438. The van der Waals surface area contributed by atoms with Crippen molar-refractivity contribution in [2.75, 3.05) is 36.9 Å². The molecule has 0 saturated carbocycles. The van der Waals surface area contributed by atoms with Gasteiger partial charge in [0.15, 0.2) is 0 Å². The first-order valence-corrected chi connectivity index (χ1v) is 13.4. The van der Waals surface area contributed by atoms with Crippen LogP contribution in [0.3, 0.4) is 0 Å². The van der Waals surface area contributed by atoms with Gasteiger partial charge in [-0.25, -0.2) is 0 Å². The van der Waals surface area contributed by atoms with Gasteiger partial charge in [-0.1, -0.05) is 62.4 Å². The minimum Gasteiger partial charge on any atom is -0.385 e. The summed E-state index contributed by atoms with van der Waals surface area (Å²) < 4.78 is 0. The van der Waals surface area contributed by atoms with Gasteiger partial charge in [0.1, 0.15) is 0 Å². The largest absolute Gasteiger partial charge is 0.385 e. The molecule has 3 N–H and O–H groups in total. The van der Waals surface area contributed by atoms with Gasteiger partial charge in [-0.3, -0.25) is 0 Å². The normalized spacial score (nSPS) is 14.8. The first kappa shape index (κ1) is 29.1. The summed E-state index contributed by atoms with van der Waals surface area (Å²) in [5.41, 5.74) is 6.68. The molecular formula is C32H48N4. The zero-order chi connectivity index (χ0) is 26.4. The molecule has 0 amide bonds. The van der Waals surface area contributed by atoms with Crippen LogP contribution >= 0.6 is 0 Å². The number of piperidine rings is 1. The van der Waals surface area contributed by atoms with Crippen LogP contribution in [0.5, 0.6) is 0 Å². The minimum atomic E-state index is -0.0413. The lowest BCUT2D eigenvalue weighted by Gasteiger charge is -2.42. The second-order valence-corrected chi connectivity index (χ2v) is 9.71. The SMILES string of the molecule is C=CC1(NC(=C)NC)CCN(c2cccc(C)c2)CC1.CCC=C(CC)CCNc1cccc(C)c1. The van der Waals surface area contributed by atoms with Gasteiger partial charge in [-0.2, -0.15) is 0 Å². The van der Waals surface area contributed by atoms with Gasteiger partial charge >= 0.3 is 0 Å². The summed E-state index contributed by atoms with van der Waals surface area (Å²) in [5.74, 6) is 0.855. The quantitative estimate of drug-likeness (QED) is 0.289. The van der Waals surface area contributed by atoms with Crippen molar-refractivity contribution in [3.63, 3.8) is 0 Å². The van der Waals surface area contributed by atoms with Gasteiger partial charge in [-0.15, -0.1) is 6.58 Å². The number of hydrogen-bond donors (Lipinski definition) is 3. The maximum Gasteiger partial charge on any atom is 0.0916 e. The summed E-state index contributed by atoms with van der Waals surface area (Å²) in [6.07, 6.45) is 9.91. The van der Waals surface area contributed by atoms with E-state index in [9.17, 15) is 0 Å². The lowest BCUT2D eigenvalue weighted by molar-refractivity contribution is 0.343. The van der Waals surface area contributed by atoms with Gasteiger partial charge in [0.2, 0.25) is 0 Å². The summed E-state index contributed by atoms with van der Waals surface area (Å²) in [5, 5.41) is 9.99. The molecule has 1 fully saturated rings. The molecule has 0 atom stereocenters. The molecular weight excluding hydrogens is 440 g/mol. The van der Waals surface area contributed by atoms with Crippen molar-refractivity contribution in [2.24, 2.45) is 0 Å². The van der Waals surface area contributed by atoms with Crippen molar-refractivity contribution >= 4 is 11.4 Å². The van der Waals surface area contributed by atoms with Crippen LogP contribution in [0.25, 0.3) is 0 Å². The summed E-state index contributed by atoms with van der Waals surface area (Å²) >= 11 is 0. The molecule has 0 bridgehead atoms. The van der Waals surface area contributed by atoms with E-state index in [0.717, 1.165) is 51.1 Å². The summed E-state index contributed by atoms with van der Waals surface area (Å²) in [6.45, 7) is 19.7. The Morgan fingerprint density at radius 3 is 2.25 bits per heavy atom. The molecule has 0 unspecified atom stereocenters. The highest BCUT2D eigenvalue weighted by Crippen LogP contribution is 2.28. The highest BCUT2D eigenvalue weighted by molar-refractivity contribution is 5.49. The number of nitrogens with zero attached hydrogens (tertiary/aromatic N) is 1. The van der Waals surface area contributed by atoms with E-state index < -0.39 is 0 Å². The third-order valence-electron chi connectivity index (χ3n) is 6.86. The zero-order valence-electron chi connectivity index (χ0n) is 23.3. The Bertz CT molecular complexity index is 983. The number of aryl methyl sites for hydroxylation is 2. The van der Waals surface area contributed by atoms with Crippen LogP contribution in [0.1, 0.15) is 57.1 Å². The first-order chi connectivity index (χ1) is 17.3. The molecule has 36 heavy (non-hydrogen) atoms. The maximum atomic E-state index is 4.01. The molecule has 0 spiro atoms. The Morgan fingerprint density at radius 1 is 1.03 bits per heavy atom. The fourth-order valence-corrected chi connectivity index (χ4v) is 4.57. The summed E-state index contributed by atoms with van der Waals surface area (Å²) in [6, 6.07) is 17.2. The van der Waals surface area contributed by atoms with Crippen LogP contribution in [-0.2, 0) is 0 Å². The standard InChI is InChI=1S/C17H25N3.C15H23N/c1-5-17(19-15(3)18-4)9-11-20(12-10-17)16-8-6-7-14(2)13-16;1-4-7-14(5-2)10-11-16-15-9-6-8-13(3)12-15/h5-8,13,18-19H,1,3,9-12H2,2,4H3;6-9,12,16H,4-5,10-11H2,1-3H3. The second-order valence-electron chi connectivity index (χ2n) is 9.71. The third-order valence-corrected chi connectivity index (χ3v) is 6.86. The average molecular weight is 489 g/mol. The van der Waals surface area contributed by atoms with E-state index in [4.69, 9.17) is 0 Å². The van der Waals surface area contributed by atoms with E-state index in [1.807, 2.05) is 13.1 Å². The first-order valence-electron chi connectivity index (χ1n) is 13.4. The van der Waals surface area contributed by atoms with Crippen molar-refractivity contribution in [1.29, 1.82) is 0 Å². The Morgan fingerprint density at radius 2 is 1.69 bits per heavy atom. The topological polar surface area (TPSA) is 39.3 Å². The lowest BCUT2D eigenvalue weighted by Crippen LogP contribution is -2.53. The molecule has 0 aliphatic carbocycles. The smallest absolute Gasteiger partial charge is 0.0916 e. The molecule has 4 heteroatoms. The predicted octanol–water partition coefficient (Wildman–Crippen LogP) is 7.34. The molecule has 0 aromatic heterocycles. The number of nitrogens with one attached hydrogen (secondary N) is 3. The lowest BCUT2D eigenvalue weighted by atomic mass is 9.87. The van der Waals surface area contributed by atoms with E-state index in [-0.39, 0.29) is 5.54 Å². The van der Waals surface area contributed by atoms with E-state index >= 15 is 0 Å². The van der Waals surface area contributed by atoms with E-state index in [1.54, 1.807) is 5.57 Å². The molecule has 1 aliphatic rings. The third kappa shape index (κ3) is 9.49. The Hall–Kier alpha value is -3.14. The number of anilines is 2. The molecule has 1 aliphatic heterocycles. The highest BCUT2D eigenvalue weighted by Gasteiger charge is 2.32. The van der Waals surface area contributed by atoms with Gasteiger partial charge in [0, 0.05) is 38.1 Å². The van der Waals surface area contributed by atoms with Gasteiger partial charge in [0.25, 0.3) is 0 Å². The summed E-state index contributed by atoms with van der Waals surface area (Å²) in [4.78, 5) is 2.44. The van der Waals surface area contributed by atoms with E-state index in [0.29, 0.717) is 0 Å². The second kappa shape index (κ2) is 15.1. The van der Waals surface area contributed by atoms with Gasteiger partial charge < -0.3 is 20.9 Å². The van der Waals surface area contributed by atoms with Crippen molar-refractivity contribution in [3.05, 3.63) is 96.4 Å². The van der Waals surface area contributed by atoms with Crippen molar-refractivity contribution in [2.45, 2.75) is 65.3 Å². The number of benzene rings is 2. The molecule has 2 aromatic carbocycles. The Balaban J connectivity index is 0.000000261. The average Bonchev–Trinajstić information content (AvgIpc) is 2.89. The molecule has 1 heterocycles. The monoisotopic (exact) mass is 488 g/mol. The number of allylic oxidation sites excluding steroid dienone is 1. The molecule has 196 valence electrons.